The van der Waals surface area contributed by atoms with Crippen molar-refractivity contribution in [2.45, 2.75) is 13.5 Å². The van der Waals surface area contributed by atoms with Gasteiger partial charge in [-0.25, -0.2) is 4.98 Å². The summed E-state index contributed by atoms with van der Waals surface area (Å²) in [6.07, 6.45) is 8.85. The fourth-order valence-corrected chi connectivity index (χ4v) is 1.00. The van der Waals surface area contributed by atoms with Crippen LogP contribution >= 0.6 is 0 Å². The van der Waals surface area contributed by atoms with E-state index in [1.165, 1.54) is 0 Å². The van der Waals surface area contributed by atoms with Gasteiger partial charge in [0.1, 0.15) is 5.82 Å². The maximum Gasteiger partial charge on any atom is 0.105 e. The number of aromatic nitrogens is 2. The molecule has 0 saturated heterocycles. The number of terminal acetylenes is 1. The van der Waals surface area contributed by atoms with E-state index in [1.54, 1.807) is 6.20 Å². The van der Waals surface area contributed by atoms with Gasteiger partial charge in [0.05, 0.1) is 6.54 Å². The minimum absolute atomic E-state index is 0.633. The molecule has 1 aromatic rings. The number of aryl methyl sites for hydroxylation is 1. The lowest BCUT2D eigenvalue weighted by Crippen LogP contribution is -2.20. The SMILES string of the molecule is C#CCNCCn1ccnc1C. The van der Waals surface area contributed by atoms with Gasteiger partial charge in [-0.1, -0.05) is 5.92 Å². The van der Waals surface area contributed by atoms with Crippen LogP contribution < -0.4 is 5.32 Å². The minimum Gasteiger partial charge on any atom is -0.334 e. The first kappa shape index (κ1) is 8.82. The predicted octanol–water partition coefficient (Wildman–Crippen LogP) is 0.414. The Kier molecular flexibility index (Phi) is 3.36. The third-order valence-electron chi connectivity index (χ3n) is 1.68. The molecular weight excluding hydrogens is 150 g/mol. The summed E-state index contributed by atoms with van der Waals surface area (Å²) >= 11 is 0. The lowest BCUT2D eigenvalue weighted by atomic mass is 10.5. The van der Waals surface area contributed by atoms with E-state index in [0.29, 0.717) is 6.54 Å². The number of hydrogen-bond donors (Lipinski definition) is 1. The molecule has 0 atom stereocenters. The van der Waals surface area contributed by atoms with Crippen molar-refractivity contribution in [3.8, 4) is 12.3 Å². The Morgan fingerprint density at radius 2 is 2.58 bits per heavy atom. The number of nitrogens with zero attached hydrogens (tertiary/aromatic N) is 2. The molecule has 0 aliphatic carbocycles. The molecule has 1 rings (SSSR count). The molecule has 0 radical (unpaired) electrons. The van der Waals surface area contributed by atoms with Crippen molar-refractivity contribution in [3.05, 3.63) is 18.2 Å². The molecule has 12 heavy (non-hydrogen) atoms. The molecule has 0 spiro atoms. The topological polar surface area (TPSA) is 29.9 Å². The van der Waals surface area contributed by atoms with Crippen LogP contribution in [-0.4, -0.2) is 22.6 Å². The van der Waals surface area contributed by atoms with Crippen molar-refractivity contribution in [2.75, 3.05) is 13.1 Å². The second kappa shape index (κ2) is 4.58. The second-order valence-corrected chi connectivity index (χ2v) is 2.55. The first-order valence-electron chi connectivity index (χ1n) is 3.96. The molecule has 3 nitrogen and oxygen atoms in total. The Bertz CT molecular complexity index is 270. The molecule has 1 N–H and O–H groups in total. The fourth-order valence-electron chi connectivity index (χ4n) is 1.00. The number of nitrogens with one attached hydrogen (secondary N) is 1. The third kappa shape index (κ3) is 2.40. The first-order valence-corrected chi connectivity index (χ1v) is 3.96. The quantitative estimate of drug-likeness (QED) is 0.515. The Hall–Kier alpha value is -1.27. The average Bonchev–Trinajstić information content (AvgIpc) is 2.46. The van der Waals surface area contributed by atoms with Gasteiger partial charge in [0.2, 0.25) is 0 Å². The maximum atomic E-state index is 5.09. The third-order valence-corrected chi connectivity index (χ3v) is 1.68. The zero-order valence-electron chi connectivity index (χ0n) is 7.25. The van der Waals surface area contributed by atoms with Crippen molar-refractivity contribution in [1.82, 2.24) is 14.9 Å². The summed E-state index contributed by atoms with van der Waals surface area (Å²) in [5.41, 5.74) is 0. The number of imidazole rings is 1. The minimum atomic E-state index is 0.633. The molecular formula is C9H13N3. The van der Waals surface area contributed by atoms with E-state index in [9.17, 15) is 0 Å². The van der Waals surface area contributed by atoms with Gasteiger partial charge in [-0.2, -0.15) is 0 Å². The van der Waals surface area contributed by atoms with Gasteiger partial charge >= 0.3 is 0 Å². The average molecular weight is 163 g/mol. The highest BCUT2D eigenvalue weighted by atomic mass is 15.1. The Morgan fingerprint density at radius 3 is 3.17 bits per heavy atom. The monoisotopic (exact) mass is 163 g/mol. The molecule has 0 aliphatic rings. The van der Waals surface area contributed by atoms with Gasteiger partial charge in [-0.3, -0.25) is 0 Å². The van der Waals surface area contributed by atoms with Gasteiger partial charge in [0.25, 0.3) is 0 Å². The summed E-state index contributed by atoms with van der Waals surface area (Å²) in [4.78, 5) is 4.11. The van der Waals surface area contributed by atoms with E-state index in [1.807, 2.05) is 13.1 Å². The molecule has 64 valence electrons. The van der Waals surface area contributed by atoms with E-state index in [-0.39, 0.29) is 0 Å². The number of rotatable bonds is 4. The van der Waals surface area contributed by atoms with Crippen molar-refractivity contribution in [1.29, 1.82) is 0 Å². The Morgan fingerprint density at radius 1 is 1.75 bits per heavy atom. The van der Waals surface area contributed by atoms with Gasteiger partial charge in [0, 0.05) is 25.5 Å². The largest absolute Gasteiger partial charge is 0.334 e. The van der Waals surface area contributed by atoms with Crippen LogP contribution in [0.3, 0.4) is 0 Å². The summed E-state index contributed by atoms with van der Waals surface area (Å²) in [6, 6.07) is 0. The molecule has 1 aromatic heterocycles. The van der Waals surface area contributed by atoms with Crippen molar-refractivity contribution in [2.24, 2.45) is 0 Å². The van der Waals surface area contributed by atoms with E-state index in [4.69, 9.17) is 6.42 Å². The summed E-state index contributed by atoms with van der Waals surface area (Å²) < 4.78 is 2.09. The van der Waals surface area contributed by atoms with Crippen molar-refractivity contribution >= 4 is 0 Å². The first-order chi connectivity index (χ1) is 5.84. The normalized spacial score (nSPS) is 9.67. The van der Waals surface area contributed by atoms with Gasteiger partial charge in [-0.05, 0) is 6.92 Å². The standard InChI is InChI=1S/C9H13N3/c1-3-4-10-5-7-12-8-6-11-9(12)2/h1,6,8,10H,4-5,7H2,2H3. The lowest BCUT2D eigenvalue weighted by molar-refractivity contribution is 0.615. The highest BCUT2D eigenvalue weighted by Crippen LogP contribution is 1.92. The summed E-state index contributed by atoms with van der Waals surface area (Å²) in [6.45, 7) is 4.43. The highest BCUT2D eigenvalue weighted by molar-refractivity contribution is 4.89. The lowest BCUT2D eigenvalue weighted by Gasteiger charge is -2.03. The van der Waals surface area contributed by atoms with E-state index < -0.39 is 0 Å². The van der Waals surface area contributed by atoms with Crippen molar-refractivity contribution in [3.63, 3.8) is 0 Å². The molecule has 0 aromatic carbocycles. The van der Waals surface area contributed by atoms with Crippen molar-refractivity contribution < 1.29 is 0 Å². The Labute approximate surface area is 72.8 Å². The van der Waals surface area contributed by atoms with Crippen LogP contribution in [0.4, 0.5) is 0 Å². The highest BCUT2D eigenvalue weighted by Gasteiger charge is 1.93. The molecule has 0 unspecified atom stereocenters. The maximum absolute atomic E-state index is 5.09. The van der Waals surface area contributed by atoms with Crippen LogP contribution in [0, 0.1) is 19.3 Å². The molecule has 0 saturated carbocycles. The second-order valence-electron chi connectivity index (χ2n) is 2.55. The fraction of sp³-hybridized carbons (Fsp3) is 0.444. The molecule has 0 amide bonds. The van der Waals surface area contributed by atoms with Crippen LogP contribution in [0.15, 0.2) is 12.4 Å². The van der Waals surface area contributed by atoms with Gasteiger partial charge < -0.3 is 9.88 Å². The summed E-state index contributed by atoms with van der Waals surface area (Å²) in [5, 5.41) is 3.12. The van der Waals surface area contributed by atoms with Crippen LogP contribution in [0.5, 0.6) is 0 Å². The van der Waals surface area contributed by atoms with Crippen LogP contribution in [0.2, 0.25) is 0 Å². The van der Waals surface area contributed by atoms with Gasteiger partial charge in [0.15, 0.2) is 0 Å². The number of hydrogen-bond acceptors (Lipinski definition) is 2. The molecule has 1 heterocycles. The predicted molar refractivity (Wildman–Crippen MR) is 48.7 cm³/mol. The van der Waals surface area contributed by atoms with Crippen LogP contribution in [0.1, 0.15) is 5.82 Å². The van der Waals surface area contributed by atoms with Crippen LogP contribution in [-0.2, 0) is 6.54 Å². The smallest absolute Gasteiger partial charge is 0.105 e. The van der Waals surface area contributed by atoms with E-state index in [2.05, 4.69) is 20.8 Å². The molecule has 0 fully saturated rings. The zero-order valence-corrected chi connectivity index (χ0v) is 7.25. The van der Waals surface area contributed by atoms with Crippen LogP contribution in [0.25, 0.3) is 0 Å². The zero-order chi connectivity index (χ0) is 8.81. The van der Waals surface area contributed by atoms with E-state index in [0.717, 1.165) is 18.9 Å². The van der Waals surface area contributed by atoms with Gasteiger partial charge in [-0.15, -0.1) is 6.42 Å². The molecule has 0 aliphatic heterocycles. The molecule has 0 bridgehead atoms. The summed E-state index contributed by atoms with van der Waals surface area (Å²) in [7, 11) is 0. The molecule has 3 heteroatoms. The van der Waals surface area contributed by atoms with E-state index >= 15 is 0 Å². The summed E-state index contributed by atoms with van der Waals surface area (Å²) in [5.74, 6) is 3.57. The Balaban J connectivity index is 2.25.